The van der Waals surface area contributed by atoms with Crippen LogP contribution in [0.15, 0.2) is 59.1 Å². The average molecular weight is 632 g/mol. The third-order valence-electron chi connectivity index (χ3n) is 7.70. The van der Waals surface area contributed by atoms with E-state index >= 15 is 0 Å². The molecule has 0 radical (unpaired) electrons. The zero-order valence-corrected chi connectivity index (χ0v) is 24.9. The van der Waals surface area contributed by atoms with Gasteiger partial charge in [0.25, 0.3) is 0 Å². The molecule has 39 heavy (non-hydrogen) atoms. The van der Waals surface area contributed by atoms with Crippen molar-refractivity contribution in [1.82, 2.24) is 5.32 Å². The van der Waals surface area contributed by atoms with Crippen LogP contribution in [0.3, 0.4) is 0 Å². The zero-order chi connectivity index (χ0) is 28.1. The Labute approximate surface area is 246 Å². The Hall–Kier alpha value is -2.58. The lowest BCUT2D eigenvalue weighted by atomic mass is 9.58. The molecule has 2 aliphatic rings. The van der Waals surface area contributed by atoms with Crippen LogP contribution in [-0.2, 0) is 15.0 Å². The van der Waals surface area contributed by atoms with Gasteiger partial charge >= 0.3 is 0 Å². The maximum Gasteiger partial charge on any atom is 0.238 e. The number of hydrogen-bond donors (Lipinski definition) is 3. The van der Waals surface area contributed by atoms with Crippen molar-refractivity contribution < 1.29 is 19.4 Å². The van der Waals surface area contributed by atoms with E-state index in [-0.39, 0.29) is 31.4 Å². The number of halogens is 3. The highest BCUT2D eigenvalue weighted by Gasteiger charge is 2.61. The number of rotatable bonds is 6. The van der Waals surface area contributed by atoms with Gasteiger partial charge in [0.2, 0.25) is 11.8 Å². The van der Waals surface area contributed by atoms with Gasteiger partial charge in [-0.2, -0.15) is 0 Å². The number of aliphatic hydroxyl groups is 1. The predicted molar refractivity (Wildman–Crippen MR) is 157 cm³/mol. The van der Waals surface area contributed by atoms with Crippen LogP contribution in [0.2, 0.25) is 10.0 Å². The topological polar surface area (TPSA) is 87.7 Å². The van der Waals surface area contributed by atoms with Crippen LogP contribution in [0.4, 0.5) is 5.69 Å². The minimum atomic E-state index is -1.23. The Morgan fingerprint density at radius 2 is 1.77 bits per heavy atom. The molecule has 0 bridgehead atoms. The number of ether oxygens (including phenoxy) is 1. The Bertz CT molecular complexity index is 1480. The first-order chi connectivity index (χ1) is 18.5. The number of fused-ring (bicyclic) bond motifs is 2. The first-order valence-electron chi connectivity index (χ1n) is 12.7. The quantitative estimate of drug-likeness (QED) is 0.283. The van der Waals surface area contributed by atoms with Gasteiger partial charge in [0.05, 0.1) is 19.3 Å². The van der Waals surface area contributed by atoms with Crippen molar-refractivity contribution in [2.45, 2.75) is 44.6 Å². The van der Waals surface area contributed by atoms with Gasteiger partial charge in [0.15, 0.2) is 0 Å². The summed E-state index contributed by atoms with van der Waals surface area (Å²) in [4.78, 5) is 27.7. The summed E-state index contributed by atoms with van der Waals surface area (Å²) in [6, 6.07) is 15.7. The molecule has 0 unspecified atom stereocenters. The molecule has 1 fully saturated rings. The van der Waals surface area contributed by atoms with Gasteiger partial charge in [-0.1, -0.05) is 65.1 Å². The highest BCUT2D eigenvalue weighted by Crippen LogP contribution is 2.59. The molecule has 3 atom stereocenters. The van der Waals surface area contributed by atoms with Crippen LogP contribution in [-0.4, -0.2) is 30.1 Å². The highest BCUT2D eigenvalue weighted by atomic mass is 79.9. The van der Waals surface area contributed by atoms with Gasteiger partial charge in [-0.05, 0) is 66.1 Å². The molecule has 5 rings (SSSR count). The SMILES string of the molecule is Cc1ccc(Cl)cc1[C@@H]1CC(=O)N[C@H](c2cc(Br)ccc2OCC(C)(C)CO)[C@@]12C(=O)Nc1cc(Cl)ccc12. The molecule has 3 aromatic carbocycles. The summed E-state index contributed by atoms with van der Waals surface area (Å²) >= 11 is 16.4. The lowest BCUT2D eigenvalue weighted by Crippen LogP contribution is -2.57. The van der Waals surface area contributed by atoms with Crippen molar-refractivity contribution in [2.75, 3.05) is 18.5 Å². The van der Waals surface area contributed by atoms with Crippen LogP contribution in [0.5, 0.6) is 5.75 Å². The summed E-state index contributed by atoms with van der Waals surface area (Å²) in [6.07, 6.45) is 0.0922. The Morgan fingerprint density at radius 3 is 2.51 bits per heavy atom. The molecule has 2 heterocycles. The molecule has 204 valence electrons. The van der Waals surface area contributed by atoms with E-state index in [0.29, 0.717) is 27.0 Å². The first kappa shape index (κ1) is 28.0. The summed E-state index contributed by atoms with van der Waals surface area (Å²) in [5, 5.41) is 17.0. The number of carbonyl (C=O) groups excluding carboxylic acids is 2. The number of nitrogens with one attached hydrogen (secondary N) is 2. The van der Waals surface area contributed by atoms with Crippen LogP contribution in [0, 0.1) is 12.3 Å². The van der Waals surface area contributed by atoms with Gasteiger partial charge in [0, 0.05) is 43.5 Å². The molecule has 1 spiro atoms. The number of benzene rings is 3. The lowest BCUT2D eigenvalue weighted by Gasteiger charge is -2.47. The molecule has 2 aliphatic heterocycles. The van der Waals surface area contributed by atoms with Crippen LogP contribution in [0.1, 0.15) is 54.5 Å². The molecular formula is C30H29BrCl2N2O4. The Kier molecular flexibility index (Phi) is 7.48. The van der Waals surface area contributed by atoms with E-state index in [1.54, 1.807) is 18.2 Å². The summed E-state index contributed by atoms with van der Waals surface area (Å²) < 4.78 is 7.03. The molecule has 0 aliphatic carbocycles. The molecule has 0 aromatic heterocycles. The largest absolute Gasteiger partial charge is 0.493 e. The van der Waals surface area contributed by atoms with E-state index in [4.69, 9.17) is 27.9 Å². The Balaban J connectivity index is 1.78. The third kappa shape index (κ3) is 4.95. The second kappa shape index (κ2) is 10.4. The van der Waals surface area contributed by atoms with Crippen molar-refractivity contribution in [2.24, 2.45) is 5.41 Å². The Morgan fingerprint density at radius 1 is 1.05 bits per heavy atom. The maximum atomic E-state index is 14.3. The zero-order valence-electron chi connectivity index (χ0n) is 21.8. The van der Waals surface area contributed by atoms with E-state index < -0.39 is 22.8 Å². The number of hydrogen-bond acceptors (Lipinski definition) is 4. The van der Waals surface area contributed by atoms with Crippen LogP contribution >= 0.6 is 39.1 Å². The first-order valence-corrected chi connectivity index (χ1v) is 14.2. The minimum Gasteiger partial charge on any atom is -0.493 e. The van der Waals surface area contributed by atoms with Gasteiger partial charge in [0.1, 0.15) is 11.2 Å². The fraction of sp³-hybridized carbons (Fsp3) is 0.333. The molecule has 0 saturated carbocycles. The van der Waals surface area contributed by atoms with Crippen LogP contribution in [0.25, 0.3) is 0 Å². The maximum absolute atomic E-state index is 14.3. The average Bonchev–Trinajstić information content (AvgIpc) is 3.17. The smallest absolute Gasteiger partial charge is 0.238 e. The number of aliphatic hydroxyl groups excluding tert-OH is 1. The number of aryl methyl sites for hydroxylation is 1. The van der Waals surface area contributed by atoms with Crippen molar-refractivity contribution in [1.29, 1.82) is 0 Å². The summed E-state index contributed by atoms with van der Waals surface area (Å²) in [6.45, 7) is 5.94. The lowest BCUT2D eigenvalue weighted by molar-refractivity contribution is -0.131. The normalized spacial score (nSPS) is 22.4. The molecule has 6 nitrogen and oxygen atoms in total. The number of piperidine rings is 1. The second-order valence-electron chi connectivity index (χ2n) is 11.1. The van der Waals surface area contributed by atoms with Crippen molar-refractivity contribution in [3.8, 4) is 5.75 Å². The molecule has 3 aromatic rings. The minimum absolute atomic E-state index is 0.0599. The van der Waals surface area contributed by atoms with Crippen LogP contribution < -0.4 is 15.4 Å². The van der Waals surface area contributed by atoms with Gasteiger partial charge in [-0.15, -0.1) is 0 Å². The van der Waals surface area contributed by atoms with Gasteiger partial charge < -0.3 is 20.5 Å². The molecule has 1 saturated heterocycles. The van der Waals surface area contributed by atoms with E-state index in [0.717, 1.165) is 21.2 Å². The van der Waals surface area contributed by atoms with E-state index in [9.17, 15) is 14.7 Å². The van der Waals surface area contributed by atoms with E-state index in [2.05, 4.69) is 26.6 Å². The summed E-state index contributed by atoms with van der Waals surface area (Å²) in [7, 11) is 0. The monoisotopic (exact) mass is 630 g/mol. The van der Waals surface area contributed by atoms with Gasteiger partial charge in [-0.25, -0.2) is 0 Å². The summed E-state index contributed by atoms with van der Waals surface area (Å²) in [5.74, 6) is -0.441. The van der Waals surface area contributed by atoms with Gasteiger partial charge in [-0.3, -0.25) is 9.59 Å². The molecule has 9 heteroatoms. The predicted octanol–water partition coefficient (Wildman–Crippen LogP) is 6.70. The molecular weight excluding hydrogens is 603 g/mol. The fourth-order valence-corrected chi connectivity index (χ4v) is 6.43. The third-order valence-corrected chi connectivity index (χ3v) is 8.66. The number of carbonyl (C=O) groups is 2. The number of anilines is 1. The van der Waals surface area contributed by atoms with E-state index in [1.807, 2.05) is 57.2 Å². The molecule has 2 amide bonds. The van der Waals surface area contributed by atoms with Crippen molar-refractivity contribution in [3.63, 3.8) is 0 Å². The van der Waals surface area contributed by atoms with Crippen molar-refractivity contribution in [3.05, 3.63) is 91.4 Å². The van der Waals surface area contributed by atoms with Crippen molar-refractivity contribution >= 4 is 56.6 Å². The summed E-state index contributed by atoms with van der Waals surface area (Å²) in [5.41, 5.74) is 2.04. The number of amides is 2. The second-order valence-corrected chi connectivity index (χ2v) is 12.9. The standard InChI is InChI=1S/C30H29BrCl2N2O4/c1-16-4-6-18(32)11-20(16)23-13-26(37)35-27(30(23)22-8-7-19(33)12-24(22)34-28(30)38)21-10-17(31)5-9-25(21)39-15-29(2,3)14-36/h4-12,23,27,36H,13-15H2,1-3H3,(H,34,38)(H,35,37)/t23-,27+,30-/m0/s1. The fourth-order valence-electron chi connectivity index (χ4n) is 5.70. The van der Waals surface area contributed by atoms with E-state index in [1.165, 1.54) is 0 Å². The molecule has 3 N–H and O–H groups in total. The highest BCUT2D eigenvalue weighted by molar-refractivity contribution is 9.10.